The van der Waals surface area contributed by atoms with Crippen LogP contribution in [0.3, 0.4) is 0 Å². The Morgan fingerprint density at radius 1 is 0.939 bits per heavy atom. The zero-order chi connectivity index (χ0) is 24.2. The van der Waals surface area contributed by atoms with Crippen molar-refractivity contribution >= 4 is 11.6 Å². The van der Waals surface area contributed by atoms with E-state index in [-0.39, 0.29) is 16.2 Å². The Hall–Kier alpha value is -2.77. The molecule has 0 atom stereocenters. The summed E-state index contributed by atoms with van der Waals surface area (Å²) in [6.45, 7) is 7.78. The first-order valence-corrected chi connectivity index (χ1v) is 11.0. The fourth-order valence-corrected chi connectivity index (χ4v) is 3.96. The molecule has 3 rings (SSSR count). The minimum Gasteiger partial charge on any atom is -0.406 e. The highest BCUT2D eigenvalue weighted by molar-refractivity contribution is 6.31. The molecular formula is C25H26ClF3N2O2. The Kier molecular flexibility index (Phi) is 7.87. The molecule has 8 heteroatoms. The molecule has 4 nitrogen and oxygen atoms in total. The average Bonchev–Trinajstić information content (AvgIpc) is 2.74. The molecule has 2 aromatic carbocycles. The van der Waals surface area contributed by atoms with E-state index in [0.29, 0.717) is 24.3 Å². The van der Waals surface area contributed by atoms with Crippen LogP contribution in [0.5, 0.6) is 5.75 Å². The zero-order valence-corrected chi connectivity index (χ0v) is 19.5. The lowest BCUT2D eigenvalue weighted by Crippen LogP contribution is -2.23. The Morgan fingerprint density at radius 3 is 2.00 bits per heavy atom. The normalized spacial score (nSPS) is 11.8. The molecule has 0 fully saturated rings. The van der Waals surface area contributed by atoms with Crippen LogP contribution < -0.4 is 10.2 Å². The van der Waals surface area contributed by atoms with Crippen molar-refractivity contribution < 1.29 is 17.9 Å². The van der Waals surface area contributed by atoms with Gasteiger partial charge >= 0.3 is 6.36 Å². The van der Waals surface area contributed by atoms with E-state index < -0.39 is 6.36 Å². The molecule has 33 heavy (non-hydrogen) atoms. The van der Waals surface area contributed by atoms with Crippen LogP contribution in [0.1, 0.15) is 35.9 Å². The maximum atomic E-state index is 12.6. The number of aryl methyl sites for hydroxylation is 2. The van der Waals surface area contributed by atoms with Crippen molar-refractivity contribution in [2.24, 2.45) is 0 Å². The number of hydrogen-bond donors (Lipinski definition) is 1. The molecule has 0 bridgehead atoms. The maximum Gasteiger partial charge on any atom is 0.573 e. The van der Waals surface area contributed by atoms with Gasteiger partial charge in [0.05, 0.1) is 0 Å². The number of alkyl halides is 3. The number of aromatic nitrogens is 1. The molecular weight excluding hydrogens is 453 g/mol. The number of nitrogens with zero attached hydrogens (tertiary/aromatic N) is 1. The van der Waals surface area contributed by atoms with Crippen LogP contribution in [-0.4, -0.2) is 22.8 Å². The minimum atomic E-state index is -4.70. The summed E-state index contributed by atoms with van der Waals surface area (Å²) in [5.74, 6) is -0.231. The van der Waals surface area contributed by atoms with Crippen LogP contribution in [0.2, 0.25) is 5.02 Å². The van der Waals surface area contributed by atoms with Crippen molar-refractivity contribution in [1.82, 2.24) is 9.88 Å². The number of nitrogens with one attached hydrogen (secondary N) is 1. The number of ether oxygens (including phenoxy) is 1. The fraction of sp³-hybridized carbons (Fsp3) is 0.320. The zero-order valence-electron chi connectivity index (χ0n) is 18.7. The Bertz CT molecular complexity index is 1140. The monoisotopic (exact) mass is 478 g/mol. The highest BCUT2D eigenvalue weighted by Crippen LogP contribution is 2.25. The lowest BCUT2D eigenvalue weighted by atomic mass is 10.0. The van der Waals surface area contributed by atoms with E-state index in [1.165, 1.54) is 12.1 Å². The number of rotatable bonds is 8. The van der Waals surface area contributed by atoms with Crippen molar-refractivity contribution in [2.75, 3.05) is 6.54 Å². The van der Waals surface area contributed by atoms with Gasteiger partial charge < -0.3 is 9.72 Å². The molecule has 3 aromatic rings. The molecule has 0 aliphatic rings. The second-order valence-corrected chi connectivity index (χ2v) is 8.37. The number of halogens is 4. The summed E-state index contributed by atoms with van der Waals surface area (Å²) in [6, 6.07) is 13.7. The summed E-state index contributed by atoms with van der Waals surface area (Å²) in [6.07, 6.45) is -3.76. The predicted octanol–water partition coefficient (Wildman–Crippen LogP) is 6.62. The van der Waals surface area contributed by atoms with Crippen molar-refractivity contribution in [3.63, 3.8) is 0 Å². The highest BCUT2D eigenvalue weighted by Gasteiger charge is 2.31. The lowest BCUT2D eigenvalue weighted by molar-refractivity contribution is -0.274. The van der Waals surface area contributed by atoms with Crippen molar-refractivity contribution in [3.05, 3.63) is 86.3 Å². The Balaban J connectivity index is 1.73. The Labute approximate surface area is 196 Å². The second kappa shape index (κ2) is 10.4. The van der Waals surface area contributed by atoms with Gasteiger partial charge in [0.25, 0.3) is 0 Å². The van der Waals surface area contributed by atoms with E-state index in [2.05, 4.69) is 21.5 Å². The largest absolute Gasteiger partial charge is 0.573 e. The van der Waals surface area contributed by atoms with E-state index in [0.717, 1.165) is 35.3 Å². The van der Waals surface area contributed by atoms with E-state index in [1.807, 2.05) is 31.2 Å². The topological polar surface area (TPSA) is 45.3 Å². The fourth-order valence-electron chi connectivity index (χ4n) is 3.82. The SMILES string of the molecule is CCCN(Cc1ccc(OC(F)(F)F)cc1)Cc1ccc(-c2c(C)[nH]c(C)c(Cl)c2=O)cc1. The van der Waals surface area contributed by atoms with E-state index in [4.69, 9.17) is 11.6 Å². The maximum absolute atomic E-state index is 12.6. The minimum absolute atomic E-state index is 0.191. The van der Waals surface area contributed by atoms with Gasteiger partial charge in [0.1, 0.15) is 10.8 Å². The van der Waals surface area contributed by atoms with Gasteiger partial charge in [-0.1, -0.05) is 54.9 Å². The smallest absolute Gasteiger partial charge is 0.406 e. The van der Waals surface area contributed by atoms with Gasteiger partial charge in [-0.2, -0.15) is 0 Å². The summed E-state index contributed by atoms with van der Waals surface area (Å²) in [5, 5.41) is 0.195. The van der Waals surface area contributed by atoms with Crippen LogP contribution in [0, 0.1) is 13.8 Å². The van der Waals surface area contributed by atoms with Crippen molar-refractivity contribution in [1.29, 1.82) is 0 Å². The van der Waals surface area contributed by atoms with Gasteiger partial charge in [-0.05, 0) is 55.6 Å². The molecule has 0 saturated carbocycles. The van der Waals surface area contributed by atoms with E-state index in [9.17, 15) is 18.0 Å². The van der Waals surface area contributed by atoms with Gasteiger partial charge in [-0.25, -0.2) is 0 Å². The average molecular weight is 479 g/mol. The lowest BCUT2D eigenvalue weighted by Gasteiger charge is -2.22. The molecule has 0 saturated heterocycles. The number of hydrogen-bond acceptors (Lipinski definition) is 3. The molecule has 0 radical (unpaired) electrons. The van der Waals surface area contributed by atoms with Gasteiger partial charge in [-0.15, -0.1) is 13.2 Å². The predicted molar refractivity (Wildman–Crippen MR) is 125 cm³/mol. The molecule has 0 unspecified atom stereocenters. The van der Waals surface area contributed by atoms with Crippen LogP contribution >= 0.6 is 11.6 Å². The Morgan fingerprint density at radius 2 is 1.48 bits per heavy atom. The highest BCUT2D eigenvalue weighted by atomic mass is 35.5. The van der Waals surface area contributed by atoms with Crippen LogP contribution in [0.15, 0.2) is 53.3 Å². The first-order chi connectivity index (χ1) is 15.6. The number of benzene rings is 2. The molecule has 0 aliphatic heterocycles. The van der Waals surface area contributed by atoms with Gasteiger partial charge in [0.2, 0.25) is 5.43 Å². The summed E-state index contributed by atoms with van der Waals surface area (Å²) >= 11 is 6.14. The summed E-state index contributed by atoms with van der Waals surface area (Å²) in [5.41, 5.74) is 4.53. The first kappa shape index (κ1) is 24.9. The molecule has 0 aliphatic carbocycles. The molecule has 1 N–H and O–H groups in total. The van der Waals surface area contributed by atoms with E-state index in [1.54, 1.807) is 19.1 Å². The third-order valence-corrected chi connectivity index (χ3v) is 5.71. The standard InChI is InChI=1S/C25H26ClF3N2O2/c1-4-13-31(15-19-7-11-21(12-8-19)33-25(27,28)29)14-18-5-9-20(10-6-18)22-16(2)30-17(3)23(26)24(22)32/h5-12H,4,13-15H2,1-3H3,(H,30,32). The second-order valence-electron chi connectivity index (χ2n) is 7.99. The van der Waals surface area contributed by atoms with Crippen LogP contribution in [0.25, 0.3) is 11.1 Å². The quantitative estimate of drug-likeness (QED) is 0.395. The first-order valence-electron chi connectivity index (χ1n) is 10.6. The number of pyridine rings is 1. The number of aromatic amines is 1. The molecule has 1 aromatic heterocycles. The van der Waals surface area contributed by atoms with Crippen LogP contribution in [-0.2, 0) is 13.1 Å². The van der Waals surface area contributed by atoms with Gasteiger partial charge in [0.15, 0.2) is 0 Å². The van der Waals surface area contributed by atoms with Crippen molar-refractivity contribution in [3.8, 4) is 16.9 Å². The summed E-state index contributed by atoms with van der Waals surface area (Å²) < 4.78 is 41.0. The summed E-state index contributed by atoms with van der Waals surface area (Å²) in [7, 11) is 0. The van der Waals surface area contributed by atoms with Gasteiger partial charge in [-0.3, -0.25) is 9.69 Å². The molecule has 0 spiro atoms. The number of H-pyrrole nitrogens is 1. The third kappa shape index (κ3) is 6.62. The van der Waals surface area contributed by atoms with Crippen LogP contribution in [0.4, 0.5) is 13.2 Å². The van der Waals surface area contributed by atoms with Crippen molar-refractivity contribution in [2.45, 2.75) is 46.6 Å². The summed E-state index contributed by atoms with van der Waals surface area (Å²) in [4.78, 5) is 18.0. The van der Waals surface area contributed by atoms with Gasteiger partial charge in [0, 0.05) is 30.0 Å². The van der Waals surface area contributed by atoms with E-state index >= 15 is 0 Å². The molecule has 176 valence electrons. The molecule has 0 amide bonds. The molecule has 1 heterocycles. The third-order valence-electron chi connectivity index (χ3n) is 5.26.